The summed E-state index contributed by atoms with van der Waals surface area (Å²) in [6, 6.07) is 0. The first-order chi connectivity index (χ1) is 13.7. The maximum Gasteiger partial charge on any atom is 0.0603 e. The van der Waals surface area contributed by atoms with Gasteiger partial charge in [0.1, 0.15) is 0 Å². The molecule has 1 spiro atoms. The van der Waals surface area contributed by atoms with Crippen LogP contribution in [0.2, 0.25) is 0 Å². The molecule has 164 valence electrons. The van der Waals surface area contributed by atoms with E-state index in [-0.39, 0.29) is 0 Å². The molecular weight excluding hydrogens is 346 g/mol. The number of rotatable bonds is 5. The Morgan fingerprint density at radius 2 is 1.39 bits per heavy atom. The van der Waals surface area contributed by atoms with Crippen molar-refractivity contribution >= 4 is 0 Å². The van der Waals surface area contributed by atoms with Crippen molar-refractivity contribution in [2.75, 3.05) is 52.4 Å². The van der Waals surface area contributed by atoms with E-state index in [2.05, 4.69) is 35.9 Å². The van der Waals surface area contributed by atoms with Crippen LogP contribution >= 0.6 is 0 Å². The molecular formula is C24H47N3O. The molecule has 0 radical (unpaired) electrons. The first kappa shape index (κ1) is 22.5. The third kappa shape index (κ3) is 6.42. The highest BCUT2D eigenvalue weighted by Gasteiger charge is 2.44. The Balaban J connectivity index is 0.000000706. The minimum atomic E-state index is 0.534. The monoisotopic (exact) mass is 393 g/mol. The van der Waals surface area contributed by atoms with E-state index in [1.54, 1.807) is 0 Å². The fourth-order valence-corrected chi connectivity index (χ4v) is 5.67. The third-order valence-corrected chi connectivity index (χ3v) is 7.46. The summed E-state index contributed by atoms with van der Waals surface area (Å²) in [5.41, 5.74) is 0.701. The number of hydrogen-bond donors (Lipinski definition) is 1. The van der Waals surface area contributed by atoms with Crippen LogP contribution in [-0.2, 0) is 4.74 Å². The molecule has 4 heteroatoms. The number of likely N-dealkylation sites (tertiary alicyclic amines) is 2. The molecule has 4 fully saturated rings. The molecule has 0 atom stereocenters. The summed E-state index contributed by atoms with van der Waals surface area (Å²) < 4.78 is 6.38. The molecule has 0 aromatic rings. The Labute approximate surface area is 174 Å². The highest BCUT2D eigenvalue weighted by Crippen LogP contribution is 2.40. The summed E-state index contributed by atoms with van der Waals surface area (Å²) in [6.07, 6.45) is 13.0. The normalized spacial score (nSPS) is 31.8. The Morgan fingerprint density at radius 3 is 1.96 bits per heavy atom. The lowest BCUT2D eigenvalue weighted by molar-refractivity contribution is -0.0582. The first-order valence-corrected chi connectivity index (χ1v) is 12.5. The van der Waals surface area contributed by atoms with E-state index >= 15 is 0 Å². The minimum Gasteiger partial charge on any atom is -0.375 e. The van der Waals surface area contributed by atoms with Gasteiger partial charge in [-0.2, -0.15) is 0 Å². The topological polar surface area (TPSA) is 27.7 Å². The molecule has 3 saturated heterocycles. The minimum absolute atomic E-state index is 0.534. The van der Waals surface area contributed by atoms with Crippen LogP contribution < -0.4 is 5.32 Å². The van der Waals surface area contributed by atoms with Crippen LogP contribution in [0.3, 0.4) is 0 Å². The van der Waals surface area contributed by atoms with Gasteiger partial charge in [0.2, 0.25) is 0 Å². The molecule has 28 heavy (non-hydrogen) atoms. The van der Waals surface area contributed by atoms with Crippen molar-refractivity contribution in [3.63, 3.8) is 0 Å². The van der Waals surface area contributed by atoms with Gasteiger partial charge in [-0.25, -0.2) is 0 Å². The van der Waals surface area contributed by atoms with Crippen LogP contribution in [-0.4, -0.2) is 74.4 Å². The van der Waals surface area contributed by atoms with Crippen LogP contribution in [0.15, 0.2) is 0 Å². The number of ether oxygens (including phenoxy) is 1. The van der Waals surface area contributed by atoms with Gasteiger partial charge in [0.25, 0.3) is 0 Å². The zero-order valence-corrected chi connectivity index (χ0v) is 19.1. The molecule has 1 saturated carbocycles. The fourth-order valence-electron chi connectivity index (χ4n) is 5.67. The molecule has 4 nitrogen and oxygen atoms in total. The molecule has 0 unspecified atom stereocenters. The van der Waals surface area contributed by atoms with Crippen molar-refractivity contribution in [2.24, 2.45) is 11.3 Å². The van der Waals surface area contributed by atoms with Crippen LogP contribution in [0.4, 0.5) is 0 Å². The average Bonchev–Trinajstić information content (AvgIpc) is 2.70. The summed E-state index contributed by atoms with van der Waals surface area (Å²) in [5.74, 6) is 0.926. The molecule has 0 amide bonds. The highest BCUT2D eigenvalue weighted by atomic mass is 16.5. The predicted molar refractivity (Wildman–Crippen MR) is 119 cm³/mol. The molecule has 1 N–H and O–H groups in total. The van der Waals surface area contributed by atoms with E-state index in [0.717, 1.165) is 19.0 Å². The Bertz CT molecular complexity index is 414. The Hall–Kier alpha value is -0.160. The van der Waals surface area contributed by atoms with Crippen molar-refractivity contribution < 1.29 is 4.74 Å². The van der Waals surface area contributed by atoms with E-state index in [1.165, 1.54) is 97.1 Å². The molecule has 0 bridgehead atoms. The number of piperidine rings is 2. The number of hydrogen-bond acceptors (Lipinski definition) is 4. The van der Waals surface area contributed by atoms with E-state index < -0.39 is 0 Å². The van der Waals surface area contributed by atoms with Gasteiger partial charge in [0.15, 0.2) is 0 Å². The molecule has 4 aliphatic rings. The lowest BCUT2D eigenvalue weighted by Gasteiger charge is -2.54. The summed E-state index contributed by atoms with van der Waals surface area (Å²) in [4.78, 5) is 5.39. The largest absolute Gasteiger partial charge is 0.375 e. The van der Waals surface area contributed by atoms with Crippen molar-refractivity contribution in [2.45, 2.75) is 90.8 Å². The Morgan fingerprint density at radius 1 is 0.821 bits per heavy atom. The molecule has 3 aliphatic heterocycles. The predicted octanol–water partition coefficient (Wildman–Crippen LogP) is 4.15. The van der Waals surface area contributed by atoms with Gasteiger partial charge in [-0.05, 0) is 95.4 Å². The lowest BCUT2D eigenvalue weighted by Crippen LogP contribution is -2.60. The molecule has 3 heterocycles. The zero-order valence-electron chi connectivity index (χ0n) is 19.1. The fraction of sp³-hybridized carbons (Fsp3) is 1.00. The van der Waals surface area contributed by atoms with E-state index in [4.69, 9.17) is 4.74 Å². The van der Waals surface area contributed by atoms with Crippen LogP contribution in [0.5, 0.6) is 0 Å². The summed E-state index contributed by atoms with van der Waals surface area (Å²) in [7, 11) is 0. The number of nitrogens with zero attached hydrogens (tertiary/aromatic N) is 2. The quantitative estimate of drug-likeness (QED) is 0.759. The van der Waals surface area contributed by atoms with E-state index in [1.807, 2.05) is 0 Å². The van der Waals surface area contributed by atoms with Crippen LogP contribution in [0.1, 0.15) is 78.6 Å². The first-order valence-electron chi connectivity index (χ1n) is 12.5. The van der Waals surface area contributed by atoms with E-state index in [9.17, 15) is 0 Å². The maximum atomic E-state index is 6.38. The second-order valence-corrected chi connectivity index (χ2v) is 10.0. The number of nitrogens with one attached hydrogen (secondary N) is 1. The van der Waals surface area contributed by atoms with Crippen LogP contribution in [0, 0.1) is 11.3 Å². The SMILES string of the molecule is CCC.CCN1CC2(CCN(CC3CCC(OC4CCNCC4)CC3)CC2)C1. The maximum absolute atomic E-state index is 6.38. The highest BCUT2D eigenvalue weighted by molar-refractivity contribution is 4.98. The third-order valence-electron chi connectivity index (χ3n) is 7.46. The average molecular weight is 394 g/mol. The smallest absolute Gasteiger partial charge is 0.0603 e. The molecule has 1 aliphatic carbocycles. The summed E-state index contributed by atoms with van der Waals surface area (Å²) in [6.45, 7) is 16.9. The van der Waals surface area contributed by atoms with Gasteiger partial charge < -0.3 is 19.9 Å². The van der Waals surface area contributed by atoms with Crippen molar-refractivity contribution in [3.8, 4) is 0 Å². The van der Waals surface area contributed by atoms with Gasteiger partial charge in [-0.3, -0.25) is 0 Å². The zero-order chi connectivity index (χ0) is 19.8. The molecule has 0 aromatic carbocycles. The van der Waals surface area contributed by atoms with Crippen LogP contribution in [0.25, 0.3) is 0 Å². The van der Waals surface area contributed by atoms with Crippen molar-refractivity contribution in [1.82, 2.24) is 15.1 Å². The Kier molecular flexibility index (Phi) is 9.08. The molecule has 0 aromatic heterocycles. The second kappa shape index (κ2) is 11.3. The van der Waals surface area contributed by atoms with Crippen molar-refractivity contribution in [1.29, 1.82) is 0 Å². The van der Waals surface area contributed by atoms with Gasteiger partial charge in [0.05, 0.1) is 12.2 Å². The van der Waals surface area contributed by atoms with Gasteiger partial charge in [-0.15, -0.1) is 0 Å². The van der Waals surface area contributed by atoms with Gasteiger partial charge in [-0.1, -0.05) is 27.2 Å². The standard InChI is InChI=1S/C21H39N3O.C3H8/c1-2-23-16-21(17-23)9-13-24(14-10-21)15-18-3-5-19(6-4-18)25-20-7-11-22-12-8-20;1-3-2/h18-20,22H,2-17H2,1H3;3H2,1-2H3. The van der Waals surface area contributed by atoms with Gasteiger partial charge in [0, 0.05) is 19.6 Å². The summed E-state index contributed by atoms with van der Waals surface area (Å²) >= 11 is 0. The van der Waals surface area contributed by atoms with E-state index in [0.29, 0.717) is 17.6 Å². The molecule has 4 rings (SSSR count). The summed E-state index contributed by atoms with van der Waals surface area (Å²) in [5, 5.41) is 3.44. The van der Waals surface area contributed by atoms with Crippen molar-refractivity contribution in [3.05, 3.63) is 0 Å². The van der Waals surface area contributed by atoms with Gasteiger partial charge >= 0.3 is 0 Å². The lowest BCUT2D eigenvalue weighted by atomic mass is 9.72. The second-order valence-electron chi connectivity index (χ2n) is 10.0.